The number of para-hydroxylation sites is 1. The molecule has 3 saturated carbocycles. The summed E-state index contributed by atoms with van der Waals surface area (Å²) in [5, 5.41) is 69.2. The van der Waals surface area contributed by atoms with Gasteiger partial charge >= 0.3 is 0 Å². The Morgan fingerprint density at radius 3 is 1.37 bits per heavy atom. The lowest BCUT2D eigenvalue weighted by atomic mass is 9.93. The molecule has 8 aliphatic rings. The first-order valence-electron chi connectivity index (χ1n) is 46.5. The Labute approximate surface area is 752 Å². The van der Waals surface area contributed by atoms with Crippen molar-refractivity contribution < 1.29 is 72.2 Å². The molecule has 5 saturated heterocycles. The van der Waals surface area contributed by atoms with Gasteiger partial charge in [-0.25, -0.2) is 0 Å². The van der Waals surface area contributed by atoms with Crippen molar-refractivity contribution in [1.82, 2.24) is 101 Å². The normalized spacial score (nSPS) is 26.5. The minimum atomic E-state index is -0.868. The molecule has 6 heterocycles. The van der Waals surface area contributed by atoms with Crippen molar-refractivity contribution in [3.8, 4) is 5.75 Å². The van der Waals surface area contributed by atoms with Crippen LogP contribution in [-0.2, 0) is 86.4 Å². The molecule has 21 atom stereocenters. The van der Waals surface area contributed by atoms with E-state index in [0.29, 0.717) is 89.4 Å². The monoisotopic (exact) mass is 1780 g/mol. The van der Waals surface area contributed by atoms with Crippen molar-refractivity contribution in [1.29, 1.82) is 0 Å². The molecule has 4 aromatic carbocycles. The lowest BCUT2D eigenvalue weighted by Crippen LogP contribution is -2.54. The lowest BCUT2D eigenvalue weighted by Gasteiger charge is -2.28. The van der Waals surface area contributed by atoms with Gasteiger partial charge in [0.25, 0.3) is 0 Å². The van der Waals surface area contributed by atoms with Gasteiger partial charge in [0.2, 0.25) is 82.7 Å². The zero-order valence-corrected chi connectivity index (χ0v) is 74.6. The van der Waals surface area contributed by atoms with Crippen LogP contribution in [0.3, 0.4) is 0 Å². The van der Waals surface area contributed by atoms with Crippen LogP contribution in [-0.4, -0.2) is 238 Å². The van der Waals surface area contributed by atoms with Gasteiger partial charge in [-0.3, -0.25) is 67.1 Å². The number of carbonyl (C=O) groups is 14. The van der Waals surface area contributed by atoms with E-state index < -0.39 is 143 Å². The van der Waals surface area contributed by atoms with Crippen LogP contribution in [0.1, 0.15) is 135 Å². The molecule has 8 fully saturated rings. The summed E-state index contributed by atoms with van der Waals surface area (Å²) in [7, 11) is 0. The van der Waals surface area contributed by atoms with Crippen LogP contribution >= 0.6 is 0 Å². The summed E-state index contributed by atoms with van der Waals surface area (Å²) in [5.74, 6) is -11.8. The highest BCUT2D eigenvalue weighted by molar-refractivity contribution is 5.91. The van der Waals surface area contributed by atoms with Gasteiger partial charge in [-0.05, 0) is 122 Å². The highest BCUT2D eigenvalue weighted by atomic mass is 16.3. The van der Waals surface area contributed by atoms with Gasteiger partial charge in [0.05, 0.1) is 89.4 Å². The number of rotatable bonds is 40. The molecule has 5 aromatic rings. The minimum absolute atomic E-state index is 0.0105. The predicted molar refractivity (Wildman–Crippen MR) is 483 cm³/mol. The minimum Gasteiger partial charge on any atom is -0.508 e. The first kappa shape index (κ1) is 95.4. The predicted octanol–water partition coefficient (Wildman–Crippen LogP) is -0.273. The van der Waals surface area contributed by atoms with Crippen LogP contribution < -0.4 is 101 Å². The maximum atomic E-state index is 14.8. The van der Waals surface area contributed by atoms with Crippen molar-refractivity contribution in [2.24, 2.45) is 76.7 Å². The smallest absolute Gasteiger partial charge is 0.226 e. The number of nitrogens with two attached hydrogens (primary N) is 1. The molecule has 35 nitrogen and oxygen atoms in total. The summed E-state index contributed by atoms with van der Waals surface area (Å²) in [4.78, 5) is 199. The summed E-state index contributed by atoms with van der Waals surface area (Å²) in [6.45, 7) is 11.8. The number of phenolic OH excluding ortho intramolecular Hbond substituents is 1. The number of aromatic hydroxyl groups is 1. The Kier molecular flexibility index (Phi) is 33.2. The van der Waals surface area contributed by atoms with E-state index in [-0.39, 0.29) is 174 Å². The second kappa shape index (κ2) is 44.9. The number of hydrogen-bond acceptors (Lipinski definition) is 20. The number of aromatic amines is 1. The average molecular weight is 1780 g/mol. The second-order valence-electron chi connectivity index (χ2n) is 37.8. The van der Waals surface area contributed by atoms with E-state index >= 15 is 0 Å². The quantitative estimate of drug-likeness (QED) is 0.0240. The fourth-order valence-electron chi connectivity index (χ4n) is 20.4. The number of aromatic nitrogens is 1. The summed E-state index contributed by atoms with van der Waals surface area (Å²) < 4.78 is 0. The van der Waals surface area contributed by atoms with Crippen molar-refractivity contribution in [2.45, 2.75) is 204 Å². The molecule has 35 heteroatoms. The Morgan fingerprint density at radius 2 is 0.837 bits per heavy atom. The van der Waals surface area contributed by atoms with Crippen LogP contribution in [0.2, 0.25) is 0 Å². The maximum absolute atomic E-state index is 14.8. The van der Waals surface area contributed by atoms with Gasteiger partial charge in [-0.1, -0.05) is 120 Å². The third kappa shape index (κ3) is 25.7. The van der Waals surface area contributed by atoms with Crippen LogP contribution in [0.25, 0.3) is 21.7 Å². The number of nitrogens with one attached hydrogen (secondary N) is 19. The third-order valence-corrected chi connectivity index (χ3v) is 27.6. The number of primary amides is 1. The Balaban J connectivity index is 0.589. The SMILES string of the molecule is CC(=O)NC1CCCC1C(=O)N[C@H](CC(=O)NC1CCCC1C(=O)NC[C@H](CC(C)C)C(=O)NC1CNCC1C(=O)NC1CNCC1C(=O)N[C@H](CC(=O)NC1CCCC1C(=O)NC[C@H](Cc1ccc(O)cc1)C(=O)NC1CNCC1C(=O)NC1CNCC1C(=O)N[C@H](CC(=O)NC1CNCC1C(N)=O)C(C)C)Cc1c[nH]c2ccccc12)Cc1ccc2ccccc2c1. The summed E-state index contributed by atoms with van der Waals surface area (Å²) in [6, 6.07) is 21.7. The molecule has 22 N–H and O–H groups in total. The Bertz CT molecular complexity index is 4830. The Hall–Kier alpha value is -11.1. The lowest BCUT2D eigenvalue weighted by molar-refractivity contribution is -0.132. The van der Waals surface area contributed by atoms with Gasteiger partial charge in [0.15, 0.2) is 0 Å². The van der Waals surface area contributed by atoms with Crippen molar-refractivity contribution in [3.63, 3.8) is 0 Å². The number of benzene rings is 4. The molecule has 0 bridgehead atoms. The summed E-state index contributed by atoms with van der Waals surface area (Å²) >= 11 is 0. The number of phenols is 1. The number of carbonyl (C=O) groups excluding carboxylic acids is 14. The molecule has 3 aliphatic carbocycles. The number of amides is 14. The third-order valence-electron chi connectivity index (χ3n) is 27.6. The van der Waals surface area contributed by atoms with Crippen LogP contribution in [0.4, 0.5) is 0 Å². The zero-order valence-electron chi connectivity index (χ0n) is 74.6. The molecule has 14 amide bonds. The van der Waals surface area contributed by atoms with Gasteiger partial charge in [0, 0.05) is 158 Å². The van der Waals surface area contributed by atoms with E-state index in [1.165, 1.54) is 19.1 Å². The van der Waals surface area contributed by atoms with E-state index in [1.54, 1.807) is 12.1 Å². The second-order valence-corrected chi connectivity index (χ2v) is 37.8. The first-order chi connectivity index (χ1) is 62.0. The molecule has 129 heavy (non-hydrogen) atoms. The fraction of sp³-hybridized carbons (Fsp3) is 0.596. The van der Waals surface area contributed by atoms with Crippen molar-refractivity contribution >= 4 is 104 Å². The van der Waals surface area contributed by atoms with Crippen LogP contribution in [0.15, 0.2) is 97.2 Å². The zero-order chi connectivity index (χ0) is 91.5. The first-order valence-corrected chi connectivity index (χ1v) is 46.5. The average Bonchev–Trinajstić information content (AvgIpc) is 1.64. The van der Waals surface area contributed by atoms with E-state index in [1.807, 2.05) is 94.6 Å². The maximum Gasteiger partial charge on any atom is 0.226 e. The van der Waals surface area contributed by atoms with Crippen molar-refractivity contribution in [3.05, 3.63) is 114 Å². The van der Waals surface area contributed by atoms with Crippen LogP contribution in [0.5, 0.6) is 5.75 Å². The highest BCUT2D eigenvalue weighted by Crippen LogP contribution is 2.32. The highest BCUT2D eigenvalue weighted by Gasteiger charge is 2.46. The van der Waals surface area contributed by atoms with E-state index in [2.05, 4.69) is 107 Å². The van der Waals surface area contributed by atoms with Crippen molar-refractivity contribution in [2.75, 3.05) is 78.5 Å². The topological polar surface area (TPSA) is 518 Å². The standard InChI is InChI=1S/C94H132N20O15/c1-50(2)29-58(38-102-88(123)64-16-10-21-74(64)107-82(117)34-60(32-54-23-26-55-13-6-7-14-56(55)31-54)105-90(125)66-18-12-20-73(66)104-52(5)115)86(121)111-78-46-98-42-69(78)93(128)113-80-48-97-41-68(80)91(126)106-61(33-57-37-101-72-19-9-8-15-63(57)72)35-83(118)108-75-22-11-17-65(75)89(124)103-39-59(30-53-24-27-62(116)28-25-53)87(122)112-79-47-99-43-70(79)94(129)114-81-49-100-44-71(81)92(127)110-76(51(3)4)36-84(119)109-77-45-96-40-67(77)85(95)120/h6-9,13-15,19,23-28,31,37,50-51,58-61,64-71,73-81,96-101,116H,10-12,16-18,20-22,29-30,32-36,38-49H2,1-5H3,(H2,95,120)(H,102,123)(H,103,124)(H,104,115)(H,105,125)(H,106,126)(H,107,117)(H,108,118)(H,109,119)(H,110,127)(H,111,121)(H,112,122)(H,113,128)(H,114,129)/t58-,59-,60-,61-,64?,65?,66?,67?,68?,69?,70?,71?,73?,74?,75?,76+,77?,78?,79?,80?,81?/m0/s1. The molecule has 698 valence electrons. The number of hydrogen-bond donors (Lipinski definition) is 21. The Morgan fingerprint density at radius 1 is 0.403 bits per heavy atom. The molecule has 16 unspecified atom stereocenters. The van der Waals surface area contributed by atoms with E-state index in [4.69, 9.17) is 5.73 Å². The van der Waals surface area contributed by atoms with E-state index in [0.717, 1.165) is 39.2 Å². The molecular weight excluding hydrogens is 1650 g/mol. The largest absolute Gasteiger partial charge is 0.508 e. The molecule has 5 aliphatic heterocycles. The van der Waals surface area contributed by atoms with Crippen LogP contribution in [0, 0.1) is 71.0 Å². The number of fused-ring (bicyclic) bond motifs is 2. The fourth-order valence-corrected chi connectivity index (χ4v) is 20.4. The molecule has 0 spiro atoms. The molecule has 1 aromatic heterocycles. The molecule has 13 rings (SSSR count). The number of H-pyrrole nitrogens is 1. The van der Waals surface area contributed by atoms with E-state index in [9.17, 15) is 72.2 Å². The summed E-state index contributed by atoms with van der Waals surface area (Å²) in [6.07, 6.45) is 8.12. The summed E-state index contributed by atoms with van der Waals surface area (Å²) in [5.41, 5.74) is 8.91. The van der Waals surface area contributed by atoms with Gasteiger partial charge < -0.3 is 112 Å². The van der Waals surface area contributed by atoms with Gasteiger partial charge in [0.1, 0.15) is 5.75 Å². The molecule has 0 radical (unpaired) electrons. The van der Waals surface area contributed by atoms with Gasteiger partial charge in [-0.15, -0.1) is 0 Å². The van der Waals surface area contributed by atoms with Gasteiger partial charge in [-0.2, -0.15) is 0 Å². The molecular formula is C94H132N20O15.